The topological polar surface area (TPSA) is 149 Å². The third-order valence-electron chi connectivity index (χ3n) is 5.89. The Kier molecular flexibility index (Phi) is 8.42. The van der Waals surface area contributed by atoms with Gasteiger partial charge in [0.2, 0.25) is 5.90 Å². The molecule has 0 fully saturated rings. The molecule has 3 aromatic rings. The van der Waals surface area contributed by atoms with E-state index in [-0.39, 0.29) is 24.6 Å². The predicted octanol–water partition coefficient (Wildman–Crippen LogP) is 5.16. The van der Waals surface area contributed by atoms with E-state index in [2.05, 4.69) is 26.0 Å². The number of azide groups is 1. The lowest BCUT2D eigenvalue weighted by Crippen LogP contribution is -2.49. The second-order valence-electron chi connectivity index (χ2n) is 8.28. The summed E-state index contributed by atoms with van der Waals surface area (Å²) in [5.74, 6) is 0.0220. The van der Waals surface area contributed by atoms with Gasteiger partial charge in [-0.1, -0.05) is 57.4 Å². The molecule has 0 unspecified atom stereocenters. The predicted molar refractivity (Wildman–Crippen MR) is 140 cm³/mol. The standard InChI is InChI=1S/C26H24BrN5O5/c27-19-10-6-17(7-11-19)16-26(25(34)31-35)23(21-4-1-2-5-22(21)30-32-28)37-24(29-26)18-8-12-20(13-9-18)36-15-3-14-33/h1-2,4-13,23,33,35H,3,14-16H2,(H,31,34)/t23-,26-/m0/s1. The number of benzene rings is 3. The Labute approximate surface area is 221 Å². The molecule has 0 radical (unpaired) electrons. The van der Waals surface area contributed by atoms with Gasteiger partial charge in [-0.2, -0.15) is 0 Å². The van der Waals surface area contributed by atoms with Crippen LogP contribution in [0.25, 0.3) is 10.4 Å². The van der Waals surface area contributed by atoms with E-state index in [0.717, 1.165) is 10.0 Å². The molecule has 0 saturated heterocycles. The molecule has 0 saturated carbocycles. The highest BCUT2D eigenvalue weighted by Crippen LogP contribution is 2.45. The molecular formula is C26H24BrN5O5. The SMILES string of the molecule is [N-]=[N+]=Nc1ccccc1[C@@H]1OC(c2ccc(OCCCO)cc2)=N[C@]1(Cc1ccc(Br)cc1)C(=O)NO. The second-order valence-corrected chi connectivity index (χ2v) is 9.20. The summed E-state index contributed by atoms with van der Waals surface area (Å²) in [5.41, 5.74) is 11.3. The van der Waals surface area contributed by atoms with Crippen molar-refractivity contribution in [1.82, 2.24) is 5.48 Å². The average molecular weight is 566 g/mol. The fraction of sp³-hybridized carbons (Fsp3) is 0.231. The monoisotopic (exact) mass is 565 g/mol. The van der Waals surface area contributed by atoms with Crippen molar-refractivity contribution in [3.8, 4) is 5.75 Å². The number of carbonyl (C=O) groups is 1. The fourth-order valence-corrected chi connectivity index (χ4v) is 4.38. The van der Waals surface area contributed by atoms with E-state index < -0.39 is 17.6 Å². The summed E-state index contributed by atoms with van der Waals surface area (Å²) >= 11 is 3.41. The number of rotatable bonds is 10. The van der Waals surface area contributed by atoms with Crippen molar-refractivity contribution in [3.63, 3.8) is 0 Å². The van der Waals surface area contributed by atoms with Crippen LogP contribution in [0.5, 0.6) is 5.75 Å². The zero-order valence-corrected chi connectivity index (χ0v) is 21.2. The number of hydrogen-bond acceptors (Lipinski definition) is 7. The van der Waals surface area contributed by atoms with Crippen LogP contribution in [0.15, 0.2) is 87.4 Å². The molecule has 1 heterocycles. The van der Waals surface area contributed by atoms with Crippen molar-refractivity contribution >= 4 is 33.4 Å². The van der Waals surface area contributed by atoms with Gasteiger partial charge >= 0.3 is 0 Å². The number of amides is 1. The number of nitrogens with one attached hydrogen (secondary N) is 1. The third kappa shape index (κ3) is 5.76. The molecule has 1 amide bonds. The summed E-state index contributed by atoms with van der Waals surface area (Å²) in [6.45, 7) is 0.410. The van der Waals surface area contributed by atoms with E-state index in [0.29, 0.717) is 29.9 Å². The second kappa shape index (κ2) is 11.9. The number of hydrogen-bond donors (Lipinski definition) is 3. The lowest BCUT2D eigenvalue weighted by molar-refractivity contribution is -0.137. The smallest absolute Gasteiger partial charge is 0.275 e. The zero-order chi connectivity index (χ0) is 26.3. The highest BCUT2D eigenvalue weighted by atomic mass is 79.9. The maximum atomic E-state index is 13.3. The van der Waals surface area contributed by atoms with Gasteiger partial charge in [-0.15, -0.1) is 0 Å². The van der Waals surface area contributed by atoms with Crippen molar-refractivity contribution in [2.45, 2.75) is 24.5 Å². The molecule has 2 atom stereocenters. The first-order valence-electron chi connectivity index (χ1n) is 11.4. The molecular weight excluding hydrogens is 542 g/mol. The van der Waals surface area contributed by atoms with Gasteiger partial charge in [0.1, 0.15) is 5.75 Å². The van der Waals surface area contributed by atoms with Crippen LogP contribution < -0.4 is 10.2 Å². The summed E-state index contributed by atoms with van der Waals surface area (Å²) in [5, 5.41) is 22.5. The lowest BCUT2D eigenvalue weighted by atomic mass is 9.81. The van der Waals surface area contributed by atoms with Gasteiger partial charge in [-0.25, -0.2) is 10.5 Å². The molecule has 3 aromatic carbocycles. The highest BCUT2D eigenvalue weighted by Gasteiger charge is 2.54. The maximum Gasteiger partial charge on any atom is 0.275 e. The summed E-state index contributed by atoms with van der Waals surface area (Å²) < 4.78 is 12.8. The van der Waals surface area contributed by atoms with Gasteiger partial charge in [0.25, 0.3) is 5.91 Å². The Hall–Kier alpha value is -3.89. The molecule has 11 heteroatoms. The van der Waals surface area contributed by atoms with Crippen LogP contribution in [-0.2, 0) is 16.0 Å². The van der Waals surface area contributed by atoms with Crippen LogP contribution in [-0.4, -0.2) is 40.9 Å². The molecule has 10 nitrogen and oxygen atoms in total. The third-order valence-corrected chi connectivity index (χ3v) is 6.42. The van der Waals surface area contributed by atoms with E-state index in [1.165, 1.54) is 0 Å². The van der Waals surface area contributed by atoms with Gasteiger partial charge in [0, 0.05) is 45.6 Å². The highest BCUT2D eigenvalue weighted by molar-refractivity contribution is 9.10. The zero-order valence-electron chi connectivity index (χ0n) is 19.6. The van der Waals surface area contributed by atoms with Gasteiger partial charge < -0.3 is 14.6 Å². The van der Waals surface area contributed by atoms with Crippen molar-refractivity contribution in [3.05, 3.63) is 104 Å². The van der Waals surface area contributed by atoms with Crippen molar-refractivity contribution in [2.75, 3.05) is 13.2 Å². The quantitative estimate of drug-likeness (QED) is 0.0774. The first-order valence-corrected chi connectivity index (χ1v) is 12.2. The summed E-state index contributed by atoms with van der Waals surface area (Å²) in [6, 6.07) is 21.1. The van der Waals surface area contributed by atoms with E-state index >= 15 is 0 Å². The molecule has 0 bridgehead atoms. The molecule has 1 aliphatic heterocycles. The van der Waals surface area contributed by atoms with Gasteiger partial charge in [-0.3, -0.25) is 10.0 Å². The van der Waals surface area contributed by atoms with E-state index in [1.807, 2.05) is 24.3 Å². The van der Waals surface area contributed by atoms with Gasteiger partial charge in [0.15, 0.2) is 11.6 Å². The summed E-state index contributed by atoms with van der Waals surface area (Å²) in [6.07, 6.45) is -0.410. The van der Waals surface area contributed by atoms with Crippen molar-refractivity contribution < 1.29 is 24.6 Å². The van der Waals surface area contributed by atoms with Crippen LogP contribution in [0.2, 0.25) is 0 Å². The van der Waals surface area contributed by atoms with Crippen molar-refractivity contribution in [1.29, 1.82) is 0 Å². The van der Waals surface area contributed by atoms with Crippen LogP contribution >= 0.6 is 15.9 Å². The summed E-state index contributed by atoms with van der Waals surface area (Å²) in [4.78, 5) is 21.0. The van der Waals surface area contributed by atoms with E-state index in [1.54, 1.807) is 54.0 Å². The molecule has 0 spiro atoms. The molecule has 37 heavy (non-hydrogen) atoms. The van der Waals surface area contributed by atoms with Crippen LogP contribution in [0.1, 0.15) is 29.2 Å². The Morgan fingerprint density at radius 3 is 2.57 bits per heavy atom. The largest absolute Gasteiger partial charge is 0.494 e. The molecule has 0 aliphatic carbocycles. The Morgan fingerprint density at radius 2 is 1.89 bits per heavy atom. The molecule has 1 aliphatic rings. The first kappa shape index (κ1) is 26.2. The maximum absolute atomic E-state index is 13.3. The number of ether oxygens (including phenoxy) is 2. The number of aliphatic hydroxyl groups excluding tert-OH is 1. The summed E-state index contributed by atoms with van der Waals surface area (Å²) in [7, 11) is 0. The van der Waals surface area contributed by atoms with E-state index in [9.17, 15) is 10.0 Å². The molecule has 0 aromatic heterocycles. The first-order chi connectivity index (χ1) is 18.0. The fourth-order valence-electron chi connectivity index (χ4n) is 4.12. The Morgan fingerprint density at radius 1 is 1.16 bits per heavy atom. The minimum Gasteiger partial charge on any atom is -0.494 e. The number of halogens is 1. The minimum atomic E-state index is -1.62. The van der Waals surface area contributed by atoms with Crippen LogP contribution in [0, 0.1) is 0 Å². The van der Waals surface area contributed by atoms with E-state index in [4.69, 9.17) is 25.1 Å². The van der Waals surface area contributed by atoms with Crippen LogP contribution in [0.4, 0.5) is 5.69 Å². The number of carbonyl (C=O) groups excluding carboxylic acids is 1. The lowest BCUT2D eigenvalue weighted by Gasteiger charge is -2.30. The normalized spacial score (nSPS) is 18.4. The minimum absolute atomic E-state index is 0.0365. The number of aliphatic hydroxyl groups is 1. The number of nitrogens with zero attached hydrogens (tertiary/aromatic N) is 4. The molecule has 3 N–H and O–H groups in total. The molecule has 190 valence electrons. The number of hydroxylamine groups is 1. The Balaban J connectivity index is 1.80. The van der Waals surface area contributed by atoms with Gasteiger partial charge in [0.05, 0.1) is 6.61 Å². The van der Waals surface area contributed by atoms with Crippen LogP contribution in [0.3, 0.4) is 0 Å². The average Bonchev–Trinajstić information content (AvgIpc) is 3.30. The number of aliphatic imine (C=N–C) groups is 1. The Bertz CT molecular complexity index is 1330. The van der Waals surface area contributed by atoms with Crippen molar-refractivity contribution in [2.24, 2.45) is 10.1 Å². The van der Waals surface area contributed by atoms with Gasteiger partial charge in [-0.05, 0) is 47.5 Å². The molecule has 4 rings (SSSR count).